The summed E-state index contributed by atoms with van der Waals surface area (Å²) in [5, 5.41) is 3.05. The Morgan fingerprint density at radius 1 is 1.53 bits per heavy atom. The first-order valence-corrected chi connectivity index (χ1v) is 6.40. The number of rotatable bonds is 4. The molecule has 6 heteroatoms. The molecule has 1 N–H and O–H groups in total. The monoisotopic (exact) mass is 301 g/mol. The minimum atomic E-state index is 0.0193. The van der Waals surface area contributed by atoms with E-state index in [4.69, 9.17) is 9.47 Å². The SMILES string of the molecule is CNc1nc(C2CCCO2)nc(COC)c1Br. The van der Waals surface area contributed by atoms with Crippen LogP contribution in [0.4, 0.5) is 5.82 Å². The number of hydrogen-bond acceptors (Lipinski definition) is 5. The molecule has 2 heterocycles. The van der Waals surface area contributed by atoms with Gasteiger partial charge in [0.25, 0.3) is 0 Å². The van der Waals surface area contributed by atoms with Crippen LogP contribution in [0.1, 0.15) is 30.5 Å². The Morgan fingerprint density at radius 2 is 2.35 bits per heavy atom. The van der Waals surface area contributed by atoms with Crippen LogP contribution >= 0.6 is 15.9 Å². The van der Waals surface area contributed by atoms with E-state index in [0.717, 1.165) is 41.3 Å². The highest BCUT2D eigenvalue weighted by Gasteiger charge is 2.23. The Bertz CT molecular complexity index is 395. The fraction of sp³-hybridized carbons (Fsp3) is 0.636. The lowest BCUT2D eigenvalue weighted by atomic mass is 10.2. The van der Waals surface area contributed by atoms with Gasteiger partial charge in [0.15, 0.2) is 5.82 Å². The smallest absolute Gasteiger partial charge is 0.159 e. The molecule has 94 valence electrons. The van der Waals surface area contributed by atoms with Crippen molar-refractivity contribution in [3.63, 3.8) is 0 Å². The lowest BCUT2D eigenvalue weighted by Crippen LogP contribution is -2.10. The van der Waals surface area contributed by atoms with Crippen LogP contribution in [0.2, 0.25) is 0 Å². The van der Waals surface area contributed by atoms with Gasteiger partial charge in [0, 0.05) is 20.8 Å². The van der Waals surface area contributed by atoms with E-state index in [-0.39, 0.29) is 6.10 Å². The van der Waals surface area contributed by atoms with E-state index in [9.17, 15) is 0 Å². The van der Waals surface area contributed by atoms with Gasteiger partial charge in [-0.2, -0.15) is 0 Å². The molecular weight excluding hydrogens is 286 g/mol. The van der Waals surface area contributed by atoms with Gasteiger partial charge in [0.1, 0.15) is 11.9 Å². The summed E-state index contributed by atoms with van der Waals surface area (Å²) in [4.78, 5) is 8.97. The zero-order valence-corrected chi connectivity index (χ0v) is 11.6. The molecule has 1 aromatic heterocycles. The maximum atomic E-state index is 5.60. The molecule has 1 aromatic rings. The third-order valence-corrected chi connectivity index (χ3v) is 3.51. The van der Waals surface area contributed by atoms with Crippen molar-refractivity contribution in [1.82, 2.24) is 9.97 Å². The van der Waals surface area contributed by atoms with Gasteiger partial charge in [-0.15, -0.1) is 0 Å². The Morgan fingerprint density at radius 3 is 2.94 bits per heavy atom. The molecule has 0 saturated carbocycles. The van der Waals surface area contributed by atoms with Crippen molar-refractivity contribution in [1.29, 1.82) is 0 Å². The number of ether oxygens (including phenoxy) is 2. The second kappa shape index (κ2) is 5.75. The summed E-state index contributed by atoms with van der Waals surface area (Å²) in [7, 11) is 3.49. The van der Waals surface area contributed by atoms with Crippen molar-refractivity contribution in [3.8, 4) is 0 Å². The molecule has 1 saturated heterocycles. The van der Waals surface area contributed by atoms with Crippen molar-refractivity contribution < 1.29 is 9.47 Å². The molecule has 0 bridgehead atoms. The summed E-state index contributed by atoms with van der Waals surface area (Å²) in [5.74, 6) is 1.51. The molecule has 0 aliphatic carbocycles. The number of methoxy groups -OCH3 is 1. The van der Waals surface area contributed by atoms with Gasteiger partial charge in [-0.05, 0) is 28.8 Å². The van der Waals surface area contributed by atoms with Crippen LogP contribution in [0.3, 0.4) is 0 Å². The summed E-state index contributed by atoms with van der Waals surface area (Å²) in [6.07, 6.45) is 2.07. The molecule has 5 nitrogen and oxygen atoms in total. The number of halogens is 1. The third-order valence-electron chi connectivity index (χ3n) is 2.67. The molecule has 0 amide bonds. The van der Waals surface area contributed by atoms with E-state index in [1.807, 2.05) is 7.05 Å². The molecular formula is C11H16BrN3O2. The summed E-state index contributed by atoms with van der Waals surface area (Å²) >= 11 is 3.48. The average Bonchev–Trinajstić information content (AvgIpc) is 2.85. The van der Waals surface area contributed by atoms with Crippen LogP contribution < -0.4 is 5.32 Å². The quantitative estimate of drug-likeness (QED) is 0.924. The Balaban J connectivity index is 2.35. The number of nitrogens with one attached hydrogen (secondary N) is 1. The number of hydrogen-bond donors (Lipinski definition) is 1. The summed E-state index contributed by atoms with van der Waals surface area (Å²) in [6, 6.07) is 0. The van der Waals surface area contributed by atoms with E-state index in [1.54, 1.807) is 7.11 Å². The molecule has 1 unspecified atom stereocenters. The van der Waals surface area contributed by atoms with Gasteiger partial charge in [-0.1, -0.05) is 0 Å². The second-order valence-electron chi connectivity index (χ2n) is 3.88. The molecule has 1 atom stereocenters. The lowest BCUT2D eigenvalue weighted by molar-refractivity contribution is 0.104. The number of nitrogens with zero attached hydrogens (tertiary/aromatic N) is 2. The molecule has 1 aliphatic rings. The van der Waals surface area contributed by atoms with Crippen molar-refractivity contribution in [2.45, 2.75) is 25.6 Å². The van der Waals surface area contributed by atoms with Gasteiger partial charge >= 0.3 is 0 Å². The van der Waals surface area contributed by atoms with Gasteiger partial charge in [-0.3, -0.25) is 0 Å². The zero-order chi connectivity index (χ0) is 12.3. The van der Waals surface area contributed by atoms with Crippen LogP contribution in [0, 0.1) is 0 Å². The largest absolute Gasteiger partial charge is 0.378 e. The van der Waals surface area contributed by atoms with E-state index >= 15 is 0 Å². The maximum absolute atomic E-state index is 5.60. The van der Waals surface area contributed by atoms with Crippen molar-refractivity contribution in [2.75, 3.05) is 26.1 Å². The highest BCUT2D eigenvalue weighted by Crippen LogP contribution is 2.30. The molecule has 1 fully saturated rings. The maximum Gasteiger partial charge on any atom is 0.159 e. The molecule has 2 rings (SSSR count). The molecule has 17 heavy (non-hydrogen) atoms. The Labute approximate surface area is 109 Å². The average molecular weight is 302 g/mol. The predicted molar refractivity (Wildman–Crippen MR) is 67.9 cm³/mol. The summed E-state index contributed by atoms with van der Waals surface area (Å²) in [5.41, 5.74) is 0.845. The fourth-order valence-electron chi connectivity index (χ4n) is 1.84. The highest BCUT2D eigenvalue weighted by molar-refractivity contribution is 9.10. The van der Waals surface area contributed by atoms with Crippen LogP contribution in [0.25, 0.3) is 0 Å². The van der Waals surface area contributed by atoms with Crippen molar-refractivity contribution in [2.24, 2.45) is 0 Å². The van der Waals surface area contributed by atoms with Crippen molar-refractivity contribution >= 4 is 21.7 Å². The van der Waals surface area contributed by atoms with Crippen LogP contribution in [0.5, 0.6) is 0 Å². The van der Waals surface area contributed by atoms with Gasteiger partial charge in [0.05, 0.1) is 16.8 Å². The Hall–Kier alpha value is -0.720. The molecule has 1 aliphatic heterocycles. The van der Waals surface area contributed by atoms with Crippen LogP contribution in [-0.2, 0) is 16.1 Å². The van der Waals surface area contributed by atoms with Gasteiger partial charge in [-0.25, -0.2) is 9.97 Å². The predicted octanol–water partition coefficient (Wildman–Crippen LogP) is 2.28. The summed E-state index contributed by atoms with van der Waals surface area (Å²) < 4.78 is 11.6. The first-order chi connectivity index (χ1) is 8.26. The van der Waals surface area contributed by atoms with Gasteiger partial charge in [0.2, 0.25) is 0 Å². The topological polar surface area (TPSA) is 56.3 Å². The van der Waals surface area contributed by atoms with E-state index in [2.05, 4.69) is 31.2 Å². The zero-order valence-electron chi connectivity index (χ0n) is 9.99. The summed E-state index contributed by atoms with van der Waals surface area (Å²) in [6.45, 7) is 1.25. The molecule has 0 aromatic carbocycles. The minimum Gasteiger partial charge on any atom is -0.378 e. The minimum absolute atomic E-state index is 0.0193. The van der Waals surface area contributed by atoms with Gasteiger partial charge < -0.3 is 14.8 Å². The molecule has 0 spiro atoms. The highest BCUT2D eigenvalue weighted by atomic mass is 79.9. The van der Waals surface area contributed by atoms with E-state index in [0.29, 0.717) is 6.61 Å². The van der Waals surface area contributed by atoms with E-state index < -0.39 is 0 Å². The lowest BCUT2D eigenvalue weighted by Gasteiger charge is -2.13. The standard InChI is InChI=1S/C11H16BrN3O2/c1-13-11-9(12)7(6-16-2)14-10(15-11)8-4-3-5-17-8/h8H,3-6H2,1-2H3,(H,13,14,15). The third kappa shape index (κ3) is 2.75. The van der Waals surface area contributed by atoms with Crippen molar-refractivity contribution in [3.05, 3.63) is 16.0 Å². The first-order valence-electron chi connectivity index (χ1n) is 5.61. The second-order valence-corrected chi connectivity index (χ2v) is 4.67. The van der Waals surface area contributed by atoms with E-state index in [1.165, 1.54) is 0 Å². The molecule has 0 radical (unpaired) electrons. The number of aromatic nitrogens is 2. The van der Waals surface area contributed by atoms with Crippen LogP contribution in [0.15, 0.2) is 4.47 Å². The van der Waals surface area contributed by atoms with Crippen LogP contribution in [-0.4, -0.2) is 30.7 Å². The number of anilines is 1. The fourth-order valence-corrected chi connectivity index (χ4v) is 2.33. The Kier molecular flexibility index (Phi) is 4.31. The first kappa shape index (κ1) is 12.7. The normalized spacial score (nSPS) is 19.6.